The van der Waals surface area contributed by atoms with E-state index in [1.165, 1.54) is 5.56 Å². The first-order valence-corrected chi connectivity index (χ1v) is 10.7. The molecule has 0 spiro atoms. The van der Waals surface area contributed by atoms with Gasteiger partial charge in [0.1, 0.15) is 5.75 Å². The third-order valence-electron chi connectivity index (χ3n) is 4.87. The fraction of sp³-hybridized carbons (Fsp3) is 0.364. The van der Waals surface area contributed by atoms with Crippen LogP contribution >= 0.6 is 22.6 Å². The first-order chi connectivity index (χ1) is 13.6. The molecule has 3 rings (SSSR count). The van der Waals surface area contributed by atoms with Crippen LogP contribution in [0.25, 0.3) is 0 Å². The van der Waals surface area contributed by atoms with Crippen molar-refractivity contribution in [1.29, 1.82) is 0 Å². The molecule has 6 heteroatoms. The monoisotopic (exact) mass is 492 g/mol. The number of hydrogen-bond donors (Lipinski definition) is 1. The summed E-state index contributed by atoms with van der Waals surface area (Å²) in [6.45, 7) is 1.35. The van der Waals surface area contributed by atoms with Gasteiger partial charge >= 0.3 is 0 Å². The molecule has 1 aliphatic heterocycles. The van der Waals surface area contributed by atoms with Gasteiger partial charge in [0.25, 0.3) is 5.91 Å². The molecule has 2 aromatic carbocycles. The number of carbonyl (C=O) groups excluding carboxylic acids is 2. The van der Waals surface area contributed by atoms with Gasteiger partial charge in [-0.2, -0.15) is 0 Å². The van der Waals surface area contributed by atoms with Crippen molar-refractivity contribution in [3.05, 3.63) is 63.7 Å². The molecule has 5 nitrogen and oxygen atoms in total. The molecular formula is C22H25IN2O3. The van der Waals surface area contributed by atoms with Crippen molar-refractivity contribution in [1.82, 2.24) is 10.2 Å². The predicted octanol–water partition coefficient (Wildman–Crippen LogP) is 3.41. The number of nitrogens with one attached hydrogen (secondary N) is 1. The van der Waals surface area contributed by atoms with Crippen molar-refractivity contribution in [3.63, 3.8) is 0 Å². The largest absolute Gasteiger partial charge is 0.484 e. The maximum absolute atomic E-state index is 12.3. The number of rotatable bonds is 7. The molecule has 1 aliphatic rings. The number of nitrogens with zero attached hydrogens (tertiary/aromatic N) is 1. The molecule has 0 radical (unpaired) electrons. The summed E-state index contributed by atoms with van der Waals surface area (Å²) in [6, 6.07) is 17.8. The molecule has 1 saturated heterocycles. The minimum atomic E-state index is -0.00703. The topological polar surface area (TPSA) is 58.6 Å². The number of carbonyl (C=O) groups is 2. The molecule has 28 heavy (non-hydrogen) atoms. The summed E-state index contributed by atoms with van der Waals surface area (Å²) in [5.74, 6) is 0.775. The Bertz CT molecular complexity index is 772. The van der Waals surface area contributed by atoms with Gasteiger partial charge in [0.2, 0.25) is 5.91 Å². The van der Waals surface area contributed by atoms with Gasteiger partial charge in [0.05, 0.1) is 0 Å². The fourth-order valence-corrected chi connectivity index (χ4v) is 3.60. The van der Waals surface area contributed by atoms with E-state index in [9.17, 15) is 9.59 Å². The number of piperidine rings is 1. The van der Waals surface area contributed by atoms with Gasteiger partial charge in [-0.25, -0.2) is 0 Å². The van der Waals surface area contributed by atoms with E-state index in [0.29, 0.717) is 25.3 Å². The van der Waals surface area contributed by atoms with Crippen LogP contribution in [0, 0.1) is 3.57 Å². The molecule has 0 atom stereocenters. The van der Waals surface area contributed by atoms with Gasteiger partial charge in [-0.3, -0.25) is 9.59 Å². The summed E-state index contributed by atoms with van der Waals surface area (Å²) in [5.41, 5.74) is 1.17. The van der Waals surface area contributed by atoms with E-state index in [2.05, 4.69) is 27.9 Å². The van der Waals surface area contributed by atoms with Gasteiger partial charge < -0.3 is 15.0 Å². The molecule has 0 saturated carbocycles. The number of amides is 2. The summed E-state index contributed by atoms with van der Waals surface area (Å²) in [4.78, 5) is 26.3. The first kappa shape index (κ1) is 20.6. The number of halogens is 1. The Hall–Kier alpha value is -2.09. The lowest BCUT2D eigenvalue weighted by molar-refractivity contribution is -0.134. The highest BCUT2D eigenvalue weighted by Gasteiger charge is 2.24. The van der Waals surface area contributed by atoms with E-state index in [1.807, 2.05) is 59.5 Å². The van der Waals surface area contributed by atoms with Crippen molar-refractivity contribution in [3.8, 4) is 5.75 Å². The Morgan fingerprint density at radius 2 is 1.71 bits per heavy atom. The van der Waals surface area contributed by atoms with Crippen molar-refractivity contribution in [2.45, 2.75) is 31.7 Å². The van der Waals surface area contributed by atoms with Crippen molar-refractivity contribution < 1.29 is 14.3 Å². The van der Waals surface area contributed by atoms with Crippen LogP contribution in [0.5, 0.6) is 5.75 Å². The lowest BCUT2D eigenvalue weighted by atomic mass is 10.0. The van der Waals surface area contributed by atoms with Crippen molar-refractivity contribution in [2.75, 3.05) is 19.7 Å². The molecule has 0 bridgehead atoms. The first-order valence-electron chi connectivity index (χ1n) is 9.59. The van der Waals surface area contributed by atoms with Crippen LogP contribution in [-0.2, 0) is 16.0 Å². The Morgan fingerprint density at radius 3 is 2.39 bits per heavy atom. The van der Waals surface area contributed by atoms with Crippen LogP contribution in [0.4, 0.5) is 0 Å². The Kier molecular flexibility index (Phi) is 7.71. The molecule has 2 aromatic rings. The molecule has 1 N–H and O–H groups in total. The second kappa shape index (κ2) is 10.5. The minimum Gasteiger partial charge on any atom is -0.484 e. The van der Waals surface area contributed by atoms with E-state index in [-0.39, 0.29) is 24.5 Å². The van der Waals surface area contributed by atoms with E-state index < -0.39 is 0 Å². The average molecular weight is 492 g/mol. The minimum absolute atomic E-state index is 0.00703. The number of ether oxygens (including phenoxy) is 1. The smallest absolute Gasteiger partial charge is 0.260 e. The highest BCUT2D eigenvalue weighted by molar-refractivity contribution is 14.1. The van der Waals surface area contributed by atoms with E-state index in [4.69, 9.17) is 4.74 Å². The van der Waals surface area contributed by atoms with E-state index in [1.54, 1.807) is 0 Å². The van der Waals surface area contributed by atoms with Crippen LogP contribution in [0.3, 0.4) is 0 Å². The third-order valence-corrected chi connectivity index (χ3v) is 5.59. The standard InChI is InChI=1S/C22H25IN2O3/c23-18-7-9-20(10-8-18)28-16-22(27)25-14-12-19(13-15-25)24-21(26)11-6-17-4-2-1-3-5-17/h1-5,7-10,19H,6,11-16H2,(H,24,26). The maximum atomic E-state index is 12.3. The summed E-state index contributed by atoms with van der Waals surface area (Å²) in [6.07, 6.45) is 2.81. The predicted molar refractivity (Wildman–Crippen MR) is 117 cm³/mol. The molecule has 2 amide bonds. The summed E-state index contributed by atoms with van der Waals surface area (Å²) in [7, 11) is 0. The van der Waals surface area contributed by atoms with Crippen molar-refractivity contribution >= 4 is 34.4 Å². The molecule has 1 fully saturated rings. The van der Waals surface area contributed by atoms with Gasteiger partial charge in [-0.05, 0) is 71.7 Å². The van der Waals surface area contributed by atoms with Crippen LogP contribution in [0.2, 0.25) is 0 Å². The highest BCUT2D eigenvalue weighted by Crippen LogP contribution is 2.15. The van der Waals surface area contributed by atoms with Gasteiger partial charge in [-0.15, -0.1) is 0 Å². The Labute approximate surface area is 179 Å². The SMILES string of the molecule is O=C(CCc1ccccc1)NC1CCN(C(=O)COc2ccc(I)cc2)CC1. The zero-order valence-electron chi connectivity index (χ0n) is 15.8. The molecule has 0 aromatic heterocycles. The van der Waals surface area contributed by atoms with E-state index in [0.717, 1.165) is 22.8 Å². The van der Waals surface area contributed by atoms with Gasteiger partial charge in [0, 0.05) is 29.1 Å². The average Bonchev–Trinajstić information content (AvgIpc) is 2.73. The Balaban J connectivity index is 1.34. The number of likely N-dealkylation sites (tertiary alicyclic amines) is 1. The summed E-state index contributed by atoms with van der Waals surface area (Å²) >= 11 is 2.23. The zero-order chi connectivity index (χ0) is 19.8. The highest BCUT2D eigenvalue weighted by atomic mass is 127. The lowest BCUT2D eigenvalue weighted by Crippen LogP contribution is -2.47. The number of aryl methyl sites for hydroxylation is 1. The molecule has 148 valence electrons. The van der Waals surface area contributed by atoms with Crippen LogP contribution in [-0.4, -0.2) is 42.5 Å². The third kappa shape index (κ3) is 6.51. The molecule has 1 heterocycles. The van der Waals surface area contributed by atoms with Crippen molar-refractivity contribution in [2.24, 2.45) is 0 Å². The van der Waals surface area contributed by atoms with Crippen LogP contribution < -0.4 is 10.1 Å². The summed E-state index contributed by atoms with van der Waals surface area (Å²) in [5, 5.41) is 3.10. The van der Waals surface area contributed by atoms with Gasteiger partial charge in [-0.1, -0.05) is 30.3 Å². The molecular weight excluding hydrogens is 467 g/mol. The quantitative estimate of drug-likeness (QED) is 0.603. The van der Waals surface area contributed by atoms with Crippen LogP contribution in [0.1, 0.15) is 24.8 Å². The fourth-order valence-electron chi connectivity index (χ4n) is 3.24. The normalized spacial score (nSPS) is 14.5. The molecule has 0 unspecified atom stereocenters. The second-order valence-corrected chi connectivity index (χ2v) is 8.20. The maximum Gasteiger partial charge on any atom is 0.260 e. The second-order valence-electron chi connectivity index (χ2n) is 6.95. The van der Waals surface area contributed by atoms with Gasteiger partial charge in [0.15, 0.2) is 6.61 Å². The molecule has 0 aliphatic carbocycles. The Morgan fingerprint density at radius 1 is 1.04 bits per heavy atom. The zero-order valence-corrected chi connectivity index (χ0v) is 17.9. The summed E-state index contributed by atoms with van der Waals surface area (Å²) < 4.78 is 6.71. The number of benzene rings is 2. The van der Waals surface area contributed by atoms with Crippen LogP contribution in [0.15, 0.2) is 54.6 Å². The lowest BCUT2D eigenvalue weighted by Gasteiger charge is -2.32. The number of hydrogen-bond acceptors (Lipinski definition) is 3. The van der Waals surface area contributed by atoms with E-state index >= 15 is 0 Å².